The van der Waals surface area contributed by atoms with E-state index in [2.05, 4.69) is 35.5 Å². The van der Waals surface area contributed by atoms with Gasteiger partial charge in [-0.1, -0.05) is 43.4 Å². The van der Waals surface area contributed by atoms with Gasteiger partial charge in [0.1, 0.15) is 28.6 Å². The molecule has 1 aromatic heterocycles. The molecular formula is C33H42F2N4O6SSi. The third kappa shape index (κ3) is 10.6. The smallest absolute Gasteiger partial charge is 0.418 e. The number of benzene rings is 1. The molecule has 0 fully saturated rings. The molecule has 2 heterocycles. The second-order valence-corrected chi connectivity index (χ2v) is 20.8. The minimum Gasteiger partial charge on any atom is -0.480 e. The lowest BCUT2D eigenvalue weighted by Gasteiger charge is -2.41. The number of hydrogen-bond acceptors (Lipinski definition) is 9. The van der Waals surface area contributed by atoms with Gasteiger partial charge in [-0.2, -0.15) is 0 Å². The molecule has 1 N–H and O–H groups in total. The fourth-order valence-electron chi connectivity index (χ4n) is 4.49. The first-order valence-electron chi connectivity index (χ1n) is 14.9. The number of amidine groups is 1. The molecule has 0 saturated carbocycles. The summed E-state index contributed by atoms with van der Waals surface area (Å²) < 4.78 is 46.0. The summed E-state index contributed by atoms with van der Waals surface area (Å²) in [6.07, 6.45) is 7.79. The highest BCUT2D eigenvalue weighted by Gasteiger charge is 2.50. The number of carboxylic acid groups (broad SMARTS) is 1. The monoisotopic (exact) mass is 688 g/mol. The summed E-state index contributed by atoms with van der Waals surface area (Å²) in [5.74, 6) is -0.193. The third-order valence-electron chi connectivity index (χ3n) is 6.89. The Morgan fingerprint density at radius 2 is 1.91 bits per heavy atom. The van der Waals surface area contributed by atoms with E-state index in [1.165, 1.54) is 31.5 Å². The van der Waals surface area contributed by atoms with Crippen molar-refractivity contribution in [2.45, 2.75) is 82.6 Å². The highest BCUT2D eigenvalue weighted by atomic mass is 32.2. The van der Waals surface area contributed by atoms with Crippen molar-refractivity contribution in [2.24, 2.45) is 4.99 Å². The molecule has 1 unspecified atom stereocenters. The molecule has 2 atom stereocenters. The lowest BCUT2D eigenvalue weighted by molar-refractivity contribution is -0.140. The summed E-state index contributed by atoms with van der Waals surface area (Å²) in [7, 11) is -1.46. The van der Waals surface area contributed by atoms with Gasteiger partial charge >= 0.3 is 12.1 Å². The molecule has 1 amide bonds. The van der Waals surface area contributed by atoms with Crippen molar-refractivity contribution >= 4 is 49.0 Å². The van der Waals surface area contributed by atoms with E-state index in [0.717, 1.165) is 34.8 Å². The molecular weight excluding hydrogens is 647 g/mol. The molecule has 2 aromatic rings. The van der Waals surface area contributed by atoms with E-state index in [0.29, 0.717) is 6.61 Å². The normalized spacial score (nSPS) is 20.2. The van der Waals surface area contributed by atoms with E-state index in [9.17, 15) is 14.7 Å². The van der Waals surface area contributed by atoms with Crippen LogP contribution in [0.1, 0.15) is 57.9 Å². The third-order valence-corrected chi connectivity index (χ3v) is 9.86. The minimum atomic E-state index is -1.53. The number of ether oxygens (including phenoxy) is 3. The van der Waals surface area contributed by atoms with Crippen molar-refractivity contribution in [3.8, 4) is 18.2 Å². The molecule has 1 aliphatic heterocycles. The van der Waals surface area contributed by atoms with Crippen molar-refractivity contribution in [3.05, 3.63) is 53.2 Å². The van der Waals surface area contributed by atoms with E-state index in [-0.39, 0.29) is 47.6 Å². The molecule has 0 saturated heterocycles. The molecule has 1 aliphatic rings. The van der Waals surface area contributed by atoms with Gasteiger partial charge in [0.15, 0.2) is 17.6 Å². The van der Waals surface area contributed by atoms with Crippen molar-refractivity contribution in [2.75, 3.05) is 19.9 Å². The number of aromatic nitrogens is 2. The van der Waals surface area contributed by atoms with E-state index < -0.39 is 47.7 Å². The quantitative estimate of drug-likeness (QED) is 0.113. The summed E-state index contributed by atoms with van der Waals surface area (Å²) >= 11 is 0.862. The topological polar surface area (TPSA) is 123 Å². The summed E-state index contributed by atoms with van der Waals surface area (Å²) in [6.45, 7) is 14.9. The van der Waals surface area contributed by atoms with Crippen LogP contribution in [0.3, 0.4) is 0 Å². The molecule has 3 rings (SSSR count). The van der Waals surface area contributed by atoms with Gasteiger partial charge in [-0.25, -0.2) is 28.4 Å². The van der Waals surface area contributed by atoms with Crippen LogP contribution in [-0.4, -0.2) is 75.6 Å². The van der Waals surface area contributed by atoms with Crippen LogP contribution in [-0.2, 0) is 19.8 Å². The standard InChI is InChI=1S/C33H42F2N4O6SSi/c1-10-13-44-27-19-36-26(18-37-27)25(35)17-22-11-12-24(34)23(16-22)32(5)20-33(6,28(40)41)46-29(38-32)39(30(42)45-31(2,3)4)21-43-14-15-47(7,8)9/h1,11-12,16-19H,13-15,20-21H2,2-9H3,(H,40,41)/b25-17-/t32-,33?/m0/s1. The number of nitrogens with zero attached hydrogens (tertiary/aromatic N) is 4. The molecule has 0 aliphatic carbocycles. The number of carbonyl (C=O) groups excluding carboxylic acids is 1. The average molecular weight is 689 g/mol. The van der Waals surface area contributed by atoms with E-state index >= 15 is 8.78 Å². The Labute approximate surface area is 280 Å². The first-order valence-corrected chi connectivity index (χ1v) is 19.4. The number of carbonyl (C=O) groups is 2. The SMILES string of the molecule is C#CCOc1cnc(/C(F)=C/c2ccc(F)c([C@]3(C)CC(C)(C(=O)O)SC(N(COCC[Si](C)(C)C)C(=O)OC(C)(C)C)=N3)c2)cn1. The highest BCUT2D eigenvalue weighted by molar-refractivity contribution is 8.15. The second kappa shape index (κ2) is 15.0. The first-order chi connectivity index (χ1) is 21.7. The molecule has 10 nitrogen and oxygen atoms in total. The van der Waals surface area contributed by atoms with Gasteiger partial charge in [-0.15, -0.1) is 6.42 Å². The van der Waals surface area contributed by atoms with Crippen LogP contribution in [0.15, 0.2) is 35.6 Å². The largest absolute Gasteiger partial charge is 0.480 e. The number of carboxylic acids is 1. The number of aliphatic carboxylic acids is 1. The number of hydrogen-bond donors (Lipinski definition) is 1. The highest BCUT2D eigenvalue weighted by Crippen LogP contribution is 2.48. The fourth-order valence-corrected chi connectivity index (χ4v) is 6.58. The summed E-state index contributed by atoms with van der Waals surface area (Å²) in [6, 6.07) is 4.75. The fraction of sp³-hybridized carbons (Fsp3) is 0.485. The zero-order valence-corrected chi connectivity index (χ0v) is 29.8. The Bertz CT molecular complexity index is 1570. The van der Waals surface area contributed by atoms with Crippen LogP contribution < -0.4 is 4.74 Å². The summed E-state index contributed by atoms with van der Waals surface area (Å²) in [4.78, 5) is 40.0. The van der Waals surface area contributed by atoms with Crippen LogP contribution in [0.5, 0.6) is 5.88 Å². The molecule has 0 radical (unpaired) electrons. The molecule has 254 valence electrons. The molecule has 0 spiro atoms. The van der Waals surface area contributed by atoms with Crippen LogP contribution >= 0.6 is 11.8 Å². The maximum absolute atomic E-state index is 15.6. The van der Waals surface area contributed by atoms with Gasteiger partial charge in [0.05, 0.1) is 17.9 Å². The predicted molar refractivity (Wildman–Crippen MR) is 182 cm³/mol. The number of halogens is 2. The number of thioether (sulfide) groups is 1. The van der Waals surface area contributed by atoms with E-state index in [1.54, 1.807) is 27.7 Å². The van der Waals surface area contributed by atoms with E-state index in [4.69, 9.17) is 25.6 Å². The van der Waals surface area contributed by atoms with Crippen LogP contribution in [0, 0.1) is 18.2 Å². The zero-order chi connectivity index (χ0) is 35.2. The predicted octanol–water partition coefficient (Wildman–Crippen LogP) is 7.20. The first kappa shape index (κ1) is 37.7. The van der Waals surface area contributed by atoms with Gasteiger partial charge < -0.3 is 19.3 Å². The maximum Gasteiger partial charge on any atom is 0.418 e. The van der Waals surface area contributed by atoms with E-state index in [1.807, 2.05) is 0 Å². The number of terminal acetylenes is 1. The van der Waals surface area contributed by atoms with Gasteiger partial charge in [-0.3, -0.25) is 9.79 Å². The Balaban J connectivity index is 2.06. The summed E-state index contributed by atoms with van der Waals surface area (Å²) in [5, 5.41) is 10.3. The van der Waals surface area contributed by atoms with Crippen LogP contribution in [0.4, 0.5) is 13.6 Å². The molecule has 14 heteroatoms. The van der Waals surface area contributed by atoms with Gasteiger partial charge in [0.2, 0.25) is 5.88 Å². The Hall–Kier alpha value is -3.80. The number of aliphatic imine (C=N–C) groups is 1. The average Bonchev–Trinajstić information content (AvgIpc) is 2.95. The number of amides is 1. The van der Waals surface area contributed by atoms with Crippen LogP contribution in [0.25, 0.3) is 11.9 Å². The second-order valence-electron chi connectivity index (χ2n) is 13.7. The summed E-state index contributed by atoms with van der Waals surface area (Å²) in [5.41, 5.74) is -2.18. The number of rotatable bonds is 11. The van der Waals surface area contributed by atoms with Crippen molar-refractivity contribution in [1.29, 1.82) is 0 Å². The van der Waals surface area contributed by atoms with Crippen molar-refractivity contribution in [1.82, 2.24) is 14.9 Å². The maximum atomic E-state index is 15.6. The lowest BCUT2D eigenvalue weighted by Crippen LogP contribution is -2.50. The van der Waals surface area contributed by atoms with Gasteiger partial charge in [0.25, 0.3) is 0 Å². The molecule has 0 bridgehead atoms. The Morgan fingerprint density at radius 1 is 1.21 bits per heavy atom. The Kier molecular flexibility index (Phi) is 12.0. The zero-order valence-electron chi connectivity index (χ0n) is 28.0. The van der Waals surface area contributed by atoms with Crippen molar-refractivity contribution < 1.29 is 37.7 Å². The van der Waals surface area contributed by atoms with Gasteiger partial charge in [-0.05, 0) is 64.4 Å². The minimum absolute atomic E-state index is 0.000141. The van der Waals surface area contributed by atoms with Crippen LogP contribution in [0.2, 0.25) is 25.7 Å². The van der Waals surface area contributed by atoms with Crippen molar-refractivity contribution in [3.63, 3.8) is 0 Å². The molecule has 1 aromatic carbocycles. The Morgan fingerprint density at radius 3 is 2.49 bits per heavy atom. The molecule has 47 heavy (non-hydrogen) atoms. The van der Waals surface area contributed by atoms with Gasteiger partial charge in [0, 0.05) is 26.7 Å². The lowest BCUT2D eigenvalue weighted by atomic mass is 9.82.